The Morgan fingerprint density at radius 2 is 2.17 bits per heavy atom. The van der Waals surface area contributed by atoms with E-state index in [0.29, 0.717) is 6.42 Å². The van der Waals surface area contributed by atoms with Crippen LogP contribution in [0.5, 0.6) is 0 Å². The molecule has 3 nitrogen and oxygen atoms in total. The molecule has 18 heavy (non-hydrogen) atoms. The first-order valence-electron chi connectivity index (χ1n) is 6.96. The van der Waals surface area contributed by atoms with Gasteiger partial charge in [-0.1, -0.05) is 26.0 Å². The molecule has 0 aromatic heterocycles. The van der Waals surface area contributed by atoms with E-state index in [0.717, 1.165) is 12.8 Å². The Balaban J connectivity index is 2.02. The van der Waals surface area contributed by atoms with E-state index in [1.165, 1.54) is 0 Å². The number of hydrogen-bond donors (Lipinski definition) is 1. The number of hydrogen-bond acceptors (Lipinski definition) is 3. The average molecular weight is 250 g/mol. The molecule has 2 aliphatic carbocycles. The van der Waals surface area contributed by atoms with Crippen LogP contribution in [0.1, 0.15) is 40.0 Å². The van der Waals surface area contributed by atoms with Crippen molar-refractivity contribution in [1.82, 2.24) is 0 Å². The predicted octanol–water partition coefficient (Wildman–Crippen LogP) is 2.29. The minimum atomic E-state index is -0.767. The Labute approximate surface area is 108 Å². The fourth-order valence-corrected chi connectivity index (χ4v) is 4.47. The number of ether oxygens (including phenoxy) is 1. The fraction of sp³-hybridized carbons (Fsp3) is 0.800. The average Bonchev–Trinajstić information content (AvgIpc) is 2.52. The summed E-state index contributed by atoms with van der Waals surface area (Å²) in [6.45, 7) is 6.04. The maximum atomic E-state index is 11.8. The number of carbonyl (C=O) groups excluding carboxylic acids is 1. The minimum absolute atomic E-state index is 0.0127. The largest absolute Gasteiger partial charge is 0.461 e. The van der Waals surface area contributed by atoms with Crippen LogP contribution in [-0.4, -0.2) is 22.8 Å². The van der Waals surface area contributed by atoms with Gasteiger partial charge in [0.25, 0.3) is 0 Å². The maximum Gasteiger partial charge on any atom is 0.309 e. The molecule has 0 amide bonds. The molecule has 3 aliphatic rings. The molecule has 1 heterocycles. The lowest BCUT2D eigenvalue weighted by Crippen LogP contribution is -2.56. The van der Waals surface area contributed by atoms with Gasteiger partial charge in [-0.05, 0) is 31.6 Å². The maximum absolute atomic E-state index is 11.8. The lowest BCUT2D eigenvalue weighted by atomic mass is 9.54. The number of rotatable bonds is 0. The number of esters is 1. The second-order valence-corrected chi connectivity index (χ2v) is 6.84. The van der Waals surface area contributed by atoms with Crippen molar-refractivity contribution in [2.45, 2.75) is 51.7 Å². The van der Waals surface area contributed by atoms with Crippen molar-refractivity contribution >= 4 is 5.97 Å². The molecule has 0 spiro atoms. The minimum Gasteiger partial charge on any atom is -0.461 e. The molecule has 1 aliphatic heterocycles. The molecule has 1 saturated heterocycles. The van der Waals surface area contributed by atoms with Crippen molar-refractivity contribution in [3.05, 3.63) is 12.2 Å². The number of carbonyl (C=O) groups is 1. The quantitative estimate of drug-likeness (QED) is 0.530. The summed E-state index contributed by atoms with van der Waals surface area (Å²) >= 11 is 0. The second-order valence-electron chi connectivity index (χ2n) is 6.84. The molecule has 3 rings (SSSR count). The Bertz CT molecular complexity index is 412. The Kier molecular flexibility index (Phi) is 2.44. The van der Waals surface area contributed by atoms with Crippen LogP contribution in [0.2, 0.25) is 0 Å². The van der Waals surface area contributed by atoms with E-state index >= 15 is 0 Å². The standard InChI is InChI=1S/C15H22O3/c1-9-10-5-8-14(2)6-4-7-15(3,17)12(14)11(10)18-13(9)16/h4,6,9-12,17H,5,7-8H2,1-3H3/t9-,10+,11-,12-,14-,15-/m1/s1. The zero-order chi connectivity index (χ0) is 13.1. The molecule has 0 aromatic carbocycles. The smallest absolute Gasteiger partial charge is 0.309 e. The Hall–Kier alpha value is -0.830. The molecule has 0 bridgehead atoms. The topological polar surface area (TPSA) is 46.5 Å². The highest BCUT2D eigenvalue weighted by atomic mass is 16.6. The van der Waals surface area contributed by atoms with Gasteiger partial charge < -0.3 is 9.84 Å². The molecule has 0 radical (unpaired) electrons. The third-order valence-electron chi connectivity index (χ3n) is 5.44. The van der Waals surface area contributed by atoms with Crippen LogP contribution in [0, 0.1) is 23.2 Å². The van der Waals surface area contributed by atoms with Gasteiger partial charge in [-0.2, -0.15) is 0 Å². The zero-order valence-corrected chi connectivity index (χ0v) is 11.3. The molecule has 3 heteroatoms. The molecule has 1 N–H and O–H groups in total. The number of aliphatic hydroxyl groups is 1. The summed E-state index contributed by atoms with van der Waals surface area (Å²) in [5.74, 6) is 0.219. The SMILES string of the molecule is C[C@H]1C(=O)O[C@@H]2[C@H]1CC[C@@]1(C)C=CC[C@@](C)(O)[C@H]21. The summed E-state index contributed by atoms with van der Waals surface area (Å²) in [4.78, 5) is 11.8. The number of allylic oxidation sites excluding steroid dienone is 1. The van der Waals surface area contributed by atoms with Gasteiger partial charge in [-0.25, -0.2) is 0 Å². The van der Waals surface area contributed by atoms with Gasteiger partial charge in [0.15, 0.2) is 0 Å². The van der Waals surface area contributed by atoms with Crippen molar-refractivity contribution in [2.75, 3.05) is 0 Å². The van der Waals surface area contributed by atoms with Gasteiger partial charge in [-0.3, -0.25) is 4.79 Å². The van der Waals surface area contributed by atoms with Crippen molar-refractivity contribution in [3.63, 3.8) is 0 Å². The molecular formula is C15H22O3. The lowest BCUT2D eigenvalue weighted by molar-refractivity contribution is -0.162. The highest BCUT2D eigenvalue weighted by molar-refractivity contribution is 5.75. The van der Waals surface area contributed by atoms with Gasteiger partial charge in [-0.15, -0.1) is 0 Å². The van der Waals surface area contributed by atoms with E-state index in [1.807, 2.05) is 13.8 Å². The summed E-state index contributed by atoms with van der Waals surface area (Å²) in [6, 6.07) is 0. The molecule has 1 saturated carbocycles. The first kappa shape index (κ1) is 12.2. The van der Waals surface area contributed by atoms with Crippen LogP contribution in [0.25, 0.3) is 0 Å². The Morgan fingerprint density at radius 3 is 2.89 bits per heavy atom. The van der Waals surface area contributed by atoms with Crippen molar-refractivity contribution in [1.29, 1.82) is 0 Å². The zero-order valence-electron chi connectivity index (χ0n) is 11.3. The predicted molar refractivity (Wildman–Crippen MR) is 67.7 cm³/mol. The molecule has 0 aromatic rings. The summed E-state index contributed by atoms with van der Waals surface area (Å²) in [7, 11) is 0. The van der Waals surface area contributed by atoms with Crippen LogP contribution in [0.15, 0.2) is 12.2 Å². The van der Waals surface area contributed by atoms with Gasteiger partial charge in [0, 0.05) is 11.8 Å². The van der Waals surface area contributed by atoms with E-state index < -0.39 is 5.60 Å². The van der Waals surface area contributed by atoms with Crippen LogP contribution in [0.4, 0.5) is 0 Å². The van der Waals surface area contributed by atoms with E-state index in [9.17, 15) is 9.90 Å². The lowest BCUT2D eigenvalue weighted by Gasteiger charge is -2.53. The van der Waals surface area contributed by atoms with Gasteiger partial charge in [0.05, 0.1) is 11.5 Å². The van der Waals surface area contributed by atoms with E-state index in [1.54, 1.807) is 0 Å². The monoisotopic (exact) mass is 250 g/mol. The third kappa shape index (κ3) is 1.49. The number of fused-ring (bicyclic) bond motifs is 3. The van der Waals surface area contributed by atoms with Crippen molar-refractivity contribution in [3.8, 4) is 0 Å². The van der Waals surface area contributed by atoms with Crippen LogP contribution in [0.3, 0.4) is 0 Å². The summed E-state index contributed by atoms with van der Waals surface area (Å²) < 4.78 is 5.62. The molecule has 6 atom stereocenters. The van der Waals surface area contributed by atoms with Crippen LogP contribution in [-0.2, 0) is 9.53 Å². The van der Waals surface area contributed by atoms with Gasteiger partial charge >= 0.3 is 5.97 Å². The van der Waals surface area contributed by atoms with Crippen molar-refractivity contribution in [2.24, 2.45) is 23.2 Å². The summed E-state index contributed by atoms with van der Waals surface area (Å²) in [6.07, 6.45) is 6.91. The van der Waals surface area contributed by atoms with Crippen molar-refractivity contribution < 1.29 is 14.6 Å². The highest BCUT2D eigenvalue weighted by Gasteiger charge is 2.59. The van der Waals surface area contributed by atoms with Gasteiger partial charge in [0.2, 0.25) is 0 Å². The van der Waals surface area contributed by atoms with Crippen LogP contribution < -0.4 is 0 Å². The molecule has 100 valence electrons. The second kappa shape index (κ2) is 3.60. The fourth-order valence-electron chi connectivity index (χ4n) is 4.47. The molecule has 2 fully saturated rings. The van der Waals surface area contributed by atoms with E-state index in [4.69, 9.17) is 4.74 Å². The van der Waals surface area contributed by atoms with Gasteiger partial charge in [0.1, 0.15) is 6.10 Å². The first-order valence-corrected chi connectivity index (χ1v) is 6.96. The third-order valence-corrected chi connectivity index (χ3v) is 5.44. The Morgan fingerprint density at radius 1 is 1.44 bits per heavy atom. The first-order chi connectivity index (χ1) is 8.35. The summed E-state index contributed by atoms with van der Waals surface area (Å²) in [5, 5.41) is 10.7. The van der Waals surface area contributed by atoms with Crippen LogP contribution >= 0.6 is 0 Å². The highest BCUT2D eigenvalue weighted by Crippen LogP contribution is 2.56. The molecule has 0 unspecified atom stereocenters. The normalized spacial score (nSPS) is 54.8. The van der Waals surface area contributed by atoms with E-state index in [2.05, 4.69) is 19.1 Å². The molecular weight excluding hydrogens is 228 g/mol. The van der Waals surface area contributed by atoms with E-state index in [-0.39, 0.29) is 35.2 Å². The summed E-state index contributed by atoms with van der Waals surface area (Å²) in [5.41, 5.74) is -0.801.